The van der Waals surface area contributed by atoms with Crippen molar-refractivity contribution >= 4 is 27.3 Å². The molecule has 3 rings (SSSR count). The second kappa shape index (κ2) is 7.07. The molecule has 0 atom stereocenters. The van der Waals surface area contributed by atoms with Gasteiger partial charge in [0, 0.05) is 24.0 Å². The zero-order valence-corrected chi connectivity index (χ0v) is 14.3. The molecule has 7 heteroatoms. The van der Waals surface area contributed by atoms with E-state index in [9.17, 15) is 8.42 Å². The zero-order chi connectivity index (χ0) is 17.0. The Hall–Kier alpha value is -2.31. The number of benzene rings is 2. The molecule has 0 aliphatic rings. The van der Waals surface area contributed by atoms with Crippen LogP contribution >= 0.6 is 11.6 Å². The van der Waals surface area contributed by atoms with Crippen LogP contribution in [0.25, 0.3) is 0 Å². The van der Waals surface area contributed by atoms with Crippen molar-refractivity contribution < 1.29 is 8.42 Å². The summed E-state index contributed by atoms with van der Waals surface area (Å²) in [5.74, 6) is 0. The Balaban J connectivity index is 1.80. The van der Waals surface area contributed by atoms with E-state index < -0.39 is 10.0 Å². The highest BCUT2D eigenvalue weighted by atomic mass is 35.5. The number of aryl methyl sites for hydroxylation is 2. The largest absolute Gasteiger partial charge is 0.337 e. The summed E-state index contributed by atoms with van der Waals surface area (Å²) < 4.78 is 29.7. The van der Waals surface area contributed by atoms with Gasteiger partial charge in [-0.15, -0.1) is 0 Å². The number of nitrogens with zero attached hydrogens (tertiary/aromatic N) is 2. The van der Waals surface area contributed by atoms with Crippen molar-refractivity contribution in [1.82, 2.24) is 9.55 Å². The fraction of sp³-hybridized carbons (Fsp3) is 0.118. The van der Waals surface area contributed by atoms with E-state index in [0.29, 0.717) is 17.1 Å². The Labute approximate surface area is 146 Å². The number of rotatable bonds is 6. The normalized spacial score (nSPS) is 11.4. The zero-order valence-electron chi connectivity index (χ0n) is 12.8. The van der Waals surface area contributed by atoms with Crippen molar-refractivity contribution in [1.29, 1.82) is 0 Å². The van der Waals surface area contributed by atoms with E-state index in [-0.39, 0.29) is 4.90 Å². The Morgan fingerprint density at radius 3 is 2.54 bits per heavy atom. The third-order valence-electron chi connectivity index (χ3n) is 3.58. The predicted octanol–water partition coefficient (Wildman–Crippen LogP) is 3.58. The molecule has 0 aliphatic carbocycles. The van der Waals surface area contributed by atoms with Crippen LogP contribution in [0.4, 0.5) is 5.69 Å². The molecule has 24 heavy (non-hydrogen) atoms. The first-order chi connectivity index (χ1) is 11.5. The molecule has 2 aromatic carbocycles. The van der Waals surface area contributed by atoms with Gasteiger partial charge >= 0.3 is 0 Å². The molecule has 0 aliphatic heterocycles. The fourth-order valence-corrected chi connectivity index (χ4v) is 3.55. The maximum Gasteiger partial charge on any atom is 0.261 e. The summed E-state index contributed by atoms with van der Waals surface area (Å²) in [6.07, 6.45) is 6.02. The van der Waals surface area contributed by atoms with E-state index in [0.717, 1.165) is 12.1 Å². The molecule has 1 heterocycles. The number of anilines is 1. The first-order valence-electron chi connectivity index (χ1n) is 7.37. The SMILES string of the molecule is O=S(=O)(Nc1ccccc1CCn1ccnc1)c1ccc(Cl)cc1. The molecule has 0 saturated heterocycles. The minimum absolute atomic E-state index is 0.177. The van der Waals surface area contributed by atoms with Gasteiger partial charge in [-0.3, -0.25) is 4.72 Å². The van der Waals surface area contributed by atoms with Crippen molar-refractivity contribution in [3.8, 4) is 0 Å². The van der Waals surface area contributed by atoms with E-state index in [4.69, 9.17) is 11.6 Å². The standard InChI is InChI=1S/C17H16ClN3O2S/c18-15-5-7-16(8-6-15)24(22,23)20-17-4-2-1-3-14(17)9-11-21-12-10-19-13-21/h1-8,10,12-13,20H,9,11H2. The third kappa shape index (κ3) is 3.96. The number of halogens is 1. The van der Waals surface area contributed by atoms with Gasteiger partial charge in [0.25, 0.3) is 10.0 Å². The number of nitrogens with one attached hydrogen (secondary N) is 1. The smallest absolute Gasteiger partial charge is 0.261 e. The number of hydrogen-bond acceptors (Lipinski definition) is 3. The lowest BCUT2D eigenvalue weighted by Crippen LogP contribution is -2.14. The summed E-state index contributed by atoms with van der Waals surface area (Å²) in [4.78, 5) is 4.18. The number of aromatic nitrogens is 2. The van der Waals surface area contributed by atoms with Gasteiger partial charge < -0.3 is 4.57 Å². The molecule has 1 aromatic heterocycles. The lowest BCUT2D eigenvalue weighted by atomic mass is 10.1. The molecule has 3 aromatic rings. The Kier molecular flexibility index (Phi) is 4.87. The average molecular weight is 362 g/mol. The highest BCUT2D eigenvalue weighted by Crippen LogP contribution is 2.22. The molecule has 0 fully saturated rings. The van der Waals surface area contributed by atoms with Crippen LogP contribution in [0, 0.1) is 0 Å². The van der Waals surface area contributed by atoms with Crippen molar-refractivity contribution in [3.05, 3.63) is 77.8 Å². The van der Waals surface area contributed by atoms with Gasteiger partial charge in [-0.2, -0.15) is 0 Å². The minimum Gasteiger partial charge on any atom is -0.337 e. The number of imidazole rings is 1. The number of para-hydroxylation sites is 1. The van der Waals surface area contributed by atoms with Crippen LogP contribution in [-0.4, -0.2) is 18.0 Å². The first kappa shape index (κ1) is 16.5. The van der Waals surface area contributed by atoms with Gasteiger partial charge in [-0.05, 0) is 42.3 Å². The van der Waals surface area contributed by atoms with Crippen LogP contribution in [0.5, 0.6) is 0 Å². The molecule has 0 radical (unpaired) electrons. The molecule has 124 valence electrons. The number of hydrogen-bond donors (Lipinski definition) is 1. The summed E-state index contributed by atoms with van der Waals surface area (Å²) >= 11 is 5.81. The molecule has 0 amide bonds. The molecular formula is C17H16ClN3O2S. The second-order valence-electron chi connectivity index (χ2n) is 5.27. The van der Waals surface area contributed by atoms with Crippen LogP contribution in [-0.2, 0) is 23.0 Å². The van der Waals surface area contributed by atoms with E-state index in [1.807, 2.05) is 22.9 Å². The summed E-state index contributed by atoms with van der Waals surface area (Å²) in [5, 5.41) is 0.495. The van der Waals surface area contributed by atoms with Crippen molar-refractivity contribution in [2.45, 2.75) is 17.9 Å². The average Bonchev–Trinajstić information content (AvgIpc) is 3.07. The van der Waals surface area contributed by atoms with Gasteiger partial charge in [0.15, 0.2) is 0 Å². The van der Waals surface area contributed by atoms with Gasteiger partial charge in [0.2, 0.25) is 0 Å². The molecular weight excluding hydrogens is 346 g/mol. The lowest BCUT2D eigenvalue weighted by molar-refractivity contribution is 0.601. The minimum atomic E-state index is -3.65. The molecule has 0 saturated carbocycles. The van der Waals surface area contributed by atoms with Gasteiger partial charge in [-0.25, -0.2) is 13.4 Å². The monoisotopic (exact) mass is 361 g/mol. The van der Waals surface area contributed by atoms with Crippen molar-refractivity contribution in [2.24, 2.45) is 0 Å². The van der Waals surface area contributed by atoms with Gasteiger partial charge in [0.1, 0.15) is 0 Å². The third-order valence-corrected chi connectivity index (χ3v) is 5.22. The van der Waals surface area contributed by atoms with Crippen LogP contribution < -0.4 is 4.72 Å². The molecule has 0 bridgehead atoms. The van der Waals surface area contributed by atoms with Crippen LogP contribution in [0.3, 0.4) is 0 Å². The van der Waals surface area contributed by atoms with Crippen molar-refractivity contribution in [2.75, 3.05) is 4.72 Å². The second-order valence-corrected chi connectivity index (χ2v) is 7.39. The lowest BCUT2D eigenvalue weighted by Gasteiger charge is -2.13. The fourth-order valence-electron chi connectivity index (χ4n) is 2.32. The van der Waals surface area contributed by atoms with Crippen LogP contribution in [0.15, 0.2) is 72.1 Å². The Morgan fingerprint density at radius 1 is 1.08 bits per heavy atom. The van der Waals surface area contributed by atoms with E-state index in [1.54, 1.807) is 36.8 Å². The summed E-state index contributed by atoms with van der Waals surface area (Å²) in [6, 6.07) is 13.5. The maximum absolute atomic E-state index is 12.5. The van der Waals surface area contributed by atoms with E-state index in [1.165, 1.54) is 12.1 Å². The molecule has 0 spiro atoms. The maximum atomic E-state index is 12.5. The van der Waals surface area contributed by atoms with Gasteiger partial charge in [0.05, 0.1) is 16.9 Å². The number of sulfonamides is 1. The highest BCUT2D eigenvalue weighted by Gasteiger charge is 2.15. The molecule has 0 unspecified atom stereocenters. The molecule has 1 N–H and O–H groups in total. The first-order valence-corrected chi connectivity index (χ1v) is 9.23. The van der Waals surface area contributed by atoms with E-state index in [2.05, 4.69) is 9.71 Å². The topological polar surface area (TPSA) is 64.0 Å². The van der Waals surface area contributed by atoms with Gasteiger partial charge in [-0.1, -0.05) is 29.8 Å². The summed E-state index contributed by atoms with van der Waals surface area (Å²) in [5.41, 5.74) is 1.50. The van der Waals surface area contributed by atoms with Crippen LogP contribution in [0.1, 0.15) is 5.56 Å². The van der Waals surface area contributed by atoms with Crippen LogP contribution in [0.2, 0.25) is 5.02 Å². The summed E-state index contributed by atoms with van der Waals surface area (Å²) in [6.45, 7) is 0.722. The Bertz CT molecular complexity index is 907. The highest BCUT2D eigenvalue weighted by molar-refractivity contribution is 7.92. The molecule has 5 nitrogen and oxygen atoms in total. The Morgan fingerprint density at radius 2 is 1.83 bits per heavy atom. The predicted molar refractivity (Wildman–Crippen MR) is 94.6 cm³/mol. The quantitative estimate of drug-likeness (QED) is 0.729. The summed E-state index contributed by atoms with van der Waals surface area (Å²) in [7, 11) is -3.65. The van der Waals surface area contributed by atoms with Crippen molar-refractivity contribution in [3.63, 3.8) is 0 Å². The van der Waals surface area contributed by atoms with E-state index >= 15 is 0 Å².